The molecular weight excluding hydrogens is 404 g/mol. The van der Waals surface area contributed by atoms with E-state index in [4.69, 9.17) is 18.4 Å². The number of aromatic nitrogens is 1. The summed E-state index contributed by atoms with van der Waals surface area (Å²) in [5.41, 5.74) is 0.262. The van der Waals surface area contributed by atoms with Crippen molar-refractivity contribution in [2.45, 2.75) is 19.9 Å². The topological polar surface area (TPSA) is 115 Å². The standard InChI is InChI=1S/C22H20N2O7/c1-11-5-7-16(30-11)20(25)18-19(14-10-13(28-3)6-8-15(14)29-4)24(22(27)21(18)26)17-9-12(2)31-23-17/h5-10,19,26H,1-4H3/t19-/m0/s1. The van der Waals surface area contributed by atoms with Crippen LogP contribution in [0.1, 0.15) is 33.7 Å². The number of Topliss-reactive ketones (excluding diaryl/α,β-unsaturated/α-hetero) is 1. The van der Waals surface area contributed by atoms with E-state index in [-0.39, 0.29) is 17.2 Å². The van der Waals surface area contributed by atoms with Gasteiger partial charge in [0.1, 0.15) is 29.1 Å². The molecule has 1 aliphatic heterocycles. The largest absolute Gasteiger partial charge is 0.503 e. The van der Waals surface area contributed by atoms with Crippen LogP contribution >= 0.6 is 0 Å². The molecule has 1 aliphatic rings. The molecule has 0 saturated heterocycles. The summed E-state index contributed by atoms with van der Waals surface area (Å²) in [6.45, 7) is 3.36. The van der Waals surface area contributed by atoms with Crippen LogP contribution in [0.2, 0.25) is 0 Å². The van der Waals surface area contributed by atoms with E-state index in [9.17, 15) is 14.7 Å². The van der Waals surface area contributed by atoms with Gasteiger partial charge >= 0.3 is 0 Å². The molecule has 1 N–H and O–H groups in total. The lowest BCUT2D eigenvalue weighted by Crippen LogP contribution is -2.31. The third-order valence-electron chi connectivity index (χ3n) is 5.01. The Kier molecular flexibility index (Phi) is 5.02. The van der Waals surface area contributed by atoms with Crippen LogP contribution < -0.4 is 14.4 Å². The minimum absolute atomic E-state index is 0.00287. The maximum atomic E-state index is 13.3. The Bertz CT molecular complexity index is 1200. The van der Waals surface area contributed by atoms with Gasteiger partial charge in [-0.05, 0) is 44.2 Å². The van der Waals surface area contributed by atoms with E-state index in [1.807, 2.05) is 0 Å². The fourth-order valence-corrected chi connectivity index (χ4v) is 3.58. The van der Waals surface area contributed by atoms with Crippen LogP contribution in [-0.4, -0.2) is 36.2 Å². The summed E-state index contributed by atoms with van der Waals surface area (Å²) in [7, 11) is 2.96. The Morgan fingerprint density at radius 1 is 1.10 bits per heavy atom. The highest BCUT2D eigenvalue weighted by atomic mass is 16.5. The summed E-state index contributed by atoms with van der Waals surface area (Å²) in [5, 5.41) is 14.7. The average molecular weight is 424 g/mol. The molecule has 31 heavy (non-hydrogen) atoms. The summed E-state index contributed by atoms with van der Waals surface area (Å²) in [5.74, 6) is -0.140. The number of rotatable bonds is 6. The number of anilines is 1. The van der Waals surface area contributed by atoms with Gasteiger partial charge in [-0.2, -0.15) is 0 Å². The van der Waals surface area contributed by atoms with Gasteiger partial charge in [0.15, 0.2) is 17.3 Å². The Balaban J connectivity index is 1.94. The van der Waals surface area contributed by atoms with Crippen molar-refractivity contribution in [1.29, 1.82) is 0 Å². The number of aryl methyl sites for hydroxylation is 2. The van der Waals surface area contributed by atoms with Gasteiger partial charge in [-0.3, -0.25) is 14.5 Å². The number of hydrogen-bond donors (Lipinski definition) is 1. The molecular formula is C22H20N2O7. The van der Waals surface area contributed by atoms with Crippen molar-refractivity contribution in [2.24, 2.45) is 0 Å². The van der Waals surface area contributed by atoms with Crippen LogP contribution in [-0.2, 0) is 4.79 Å². The minimum Gasteiger partial charge on any atom is -0.503 e. The molecule has 1 amide bonds. The Morgan fingerprint density at radius 3 is 2.45 bits per heavy atom. The third kappa shape index (κ3) is 3.33. The van der Waals surface area contributed by atoms with Gasteiger partial charge in [0.05, 0.1) is 19.8 Å². The predicted octanol–water partition coefficient (Wildman–Crippen LogP) is 3.68. The first-order valence-electron chi connectivity index (χ1n) is 9.38. The first-order chi connectivity index (χ1) is 14.8. The molecule has 2 aromatic heterocycles. The van der Waals surface area contributed by atoms with Crippen LogP contribution in [0.3, 0.4) is 0 Å². The Labute approximate surface area is 177 Å². The van der Waals surface area contributed by atoms with Crippen LogP contribution in [0.25, 0.3) is 0 Å². The number of aliphatic hydroxyl groups excluding tert-OH is 1. The molecule has 160 valence electrons. The molecule has 0 spiro atoms. The molecule has 0 aliphatic carbocycles. The van der Waals surface area contributed by atoms with E-state index >= 15 is 0 Å². The van der Waals surface area contributed by atoms with E-state index in [2.05, 4.69) is 5.16 Å². The van der Waals surface area contributed by atoms with Gasteiger partial charge in [-0.15, -0.1) is 0 Å². The number of carbonyl (C=O) groups excluding carboxylic acids is 2. The molecule has 0 saturated carbocycles. The summed E-state index contributed by atoms with van der Waals surface area (Å²) < 4.78 is 21.4. The van der Waals surface area contributed by atoms with Crippen LogP contribution in [0.5, 0.6) is 11.5 Å². The van der Waals surface area contributed by atoms with Gasteiger partial charge in [0.2, 0.25) is 5.78 Å². The summed E-state index contributed by atoms with van der Waals surface area (Å²) >= 11 is 0. The maximum Gasteiger partial charge on any atom is 0.295 e. The molecule has 0 fully saturated rings. The zero-order chi connectivity index (χ0) is 22.3. The second-order valence-electron chi connectivity index (χ2n) is 6.98. The zero-order valence-corrected chi connectivity index (χ0v) is 17.3. The van der Waals surface area contributed by atoms with Crippen molar-refractivity contribution in [3.05, 3.63) is 70.6 Å². The average Bonchev–Trinajstić information content (AvgIpc) is 3.45. The quantitative estimate of drug-likeness (QED) is 0.596. The highest BCUT2D eigenvalue weighted by Gasteiger charge is 2.47. The van der Waals surface area contributed by atoms with E-state index < -0.39 is 23.5 Å². The van der Waals surface area contributed by atoms with Crippen LogP contribution in [0.15, 0.2) is 56.7 Å². The van der Waals surface area contributed by atoms with E-state index in [0.29, 0.717) is 28.6 Å². The second kappa shape index (κ2) is 7.67. The number of ketones is 1. The number of benzene rings is 1. The summed E-state index contributed by atoms with van der Waals surface area (Å²) in [6.07, 6.45) is 0. The number of furan rings is 1. The van der Waals surface area contributed by atoms with Crippen molar-refractivity contribution >= 4 is 17.5 Å². The van der Waals surface area contributed by atoms with Gasteiger partial charge in [-0.1, -0.05) is 5.16 Å². The van der Waals surface area contributed by atoms with Crippen LogP contribution in [0.4, 0.5) is 5.82 Å². The summed E-state index contributed by atoms with van der Waals surface area (Å²) in [4.78, 5) is 27.6. The van der Waals surface area contributed by atoms with Crippen LogP contribution in [0, 0.1) is 13.8 Å². The van der Waals surface area contributed by atoms with E-state index in [0.717, 1.165) is 0 Å². The van der Waals surface area contributed by atoms with Crippen molar-refractivity contribution < 1.29 is 33.1 Å². The molecule has 1 aromatic carbocycles. The molecule has 3 aromatic rings. The molecule has 0 unspecified atom stereocenters. The first-order valence-corrected chi connectivity index (χ1v) is 9.38. The third-order valence-corrected chi connectivity index (χ3v) is 5.01. The Morgan fingerprint density at radius 2 is 1.87 bits per heavy atom. The number of amides is 1. The van der Waals surface area contributed by atoms with Crippen molar-refractivity contribution in [1.82, 2.24) is 5.16 Å². The SMILES string of the molecule is COc1ccc(OC)c([C@H]2C(C(=O)c3ccc(C)o3)=C(O)C(=O)N2c2cc(C)on2)c1. The van der Waals surface area contributed by atoms with Crippen molar-refractivity contribution in [3.8, 4) is 11.5 Å². The normalized spacial score (nSPS) is 16.2. The number of hydrogen-bond acceptors (Lipinski definition) is 8. The number of ether oxygens (including phenoxy) is 2. The number of aliphatic hydroxyl groups is 1. The lowest BCUT2D eigenvalue weighted by Gasteiger charge is -2.26. The first kappa shape index (κ1) is 20.3. The van der Waals surface area contributed by atoms with E-state index in [1.165, 1.54) is 31.3 Å². The molecule has 0 bridgehead atoms. The lowest BCUT2D eigenvalue weighted by molar-refractivity contribution is -0.117. The molecule has 9 heteroatoms. The molecule has 1 atom stereocenters. The maximum absolute atomic E-state index is 13.3. The molecule has 9 nitrogen and oxygen atoms in total. The van der Waals surface area contributed by atoms with Crippen molar-refractivity contribution in [2.75, 3.05) is 19.1 Å². The highest BCUT2D eigenvalue weighted by Crippen LogP contribution is 2.45. The van der Waals surface area contributed by atoms with Crippen molar-refractivity contribution in [3.63, 3.8) is 0 Å². The van der Waals surface area contributed by atoms with E-state index in [1.54, 1.807) is 38.1 Å². The smallest absolute Gasteiger partial charge is 0.295 e. The Hall–Kier alpha value is -4.01. The lowest BCUT2D eigenvalue weighted by atomic mass is 9.94. The van der Waals surface area contributed by atoms with Gasteiger partial charge in [0, 0.05) is 11.6 Å². The molecule has 0 radical (unpaired) electrons. The number of nitrogens with zero attached hydrogens (tertiary/aromatic N) is 2. The second-order valence-corrected chi connectivity index (χ2v) is 6.98. The van der Waals surface area contributed by atoms with Gasteiger partial charge in [-0.25, -0.2) is 0 Å². The monoisotopic (exact) mass is 424 g/mol. The van der Waals surface area contributed by atoms with Gasteiger partial charge in [0.25, 0.3) is 5.91 Å². The molecule has 4 rings (SSSR count). The number of methoxy groups -OCH3 is 2. The summed E-state index contributed by atoms with van der Waals surface area (Å²) in [6, 6.07) is 8.57. The zero-order valence-electron chi connectivity index (χ0n) is 17.3. The molecule has 3 heterocycles. The fraction of sp³-hybridized carbons (Fsp3) is 0.227. The minimum atomic E-state index is -1.06. The highest BCUT2D eigenvalue weighted by molar-refractivity contribution is 6.20. The van der Waals surface area contributed by atoms with Gasteiger partial charge < -0.3 is 23.5 Å². The predicted molar refractivity (Wildman–Crippen MR) is 108 cm³/mol. The number of carbonyl (C=O) groups is 2. The fourth-order valence-electron chi connectivity index (χ4n) is 3.58.